The molecule has 0 fully saturated rings. The van der Waals surface area contributed by atoms with Gasteiger partial charge in [0.1, 0.15) is 17.6 Å². The highest BCUT2D eigenvalue weighted by molar-refractivity contribution is 14.0. The number of methoxy groups -OCH3 is 1. The van der Waals surface area contributed by atoms with Gasteiger partial charge < -0.3 is 20.1 Å². The van der Waals surface area contributed by atoms with Crippen LogP contribution in [0.5, 0.6) is 11.5 Å². The molecule has 0 spiro atoms. The molecule has 0 bridgehead atoms. The van der Waals surface area contributed by atoms with E-state index in [1.165, 1.54) is 11.1 Å². The highest BCUT2D eigenvalue weighted by atomic mass is 127. The minimum atomic E-state index is 0. The zero-order valence-corrected chi connectivity index (χ0v) is 18.4. The number of hydrogen-bond acceptors (Lipinski definition) is 3. The van der Waals surface area contributed by atoms with Gasteiger partial charge >= 0.3 is 0 Å². The predicted molar refractivity (Wildman–Crippen MR) is 120 cm³/mol. The Kier molecular flexibility index (Phi) is 8.22. The molecule has 0 saturated carbocycles. The van der Waals surface area contributed by atoms with Crippen LogP contribution < -0.4 is 20.1 Å². The monoisotopic (exact) mass is 481 g/mol. The summed E-state index contributed by atoms with van der Waals surface area (Å²) in [7, 11) is 1.71. The lowest BCUT2D eigenvalue weighted by atomic mass is 10.1. The van der Waals surface area contributed by atoms with Gasteiger partial charge in [0.05, 0.1) is 13.7 Å². The van der Waals surface area contributed by atoms with E-state index in [9.17, 15) is 0 Å². The maximum absolute atomic E-state index is 5.88. The van der Waals surface area contributed by atoms with E-state index in [0.29, 0.717) is 13.1 Å². The van der Waals surface area contributed by atoms with Gasteiger partial charge in [-0.1, -0.05) is 30.3 Å². The lowest BCUT2D eigenvalue weighted by molar-refractivity contribution is 0.254. The molecule has 0 aromatic heterocycles. The standard InChI is InChI=1S/C21H27N3O2.HI/c1-4-22-21(23-13-16-8-6-5-7-9-16)24-14-18-12-20-17(10-15(2)26-20)11-19(18)25-3;/h5-9,11-12,15H,4,10,13-14H2,1-3H3,(H2,22,23,24);1H. The third-order valence-electron chi connectivity index (χ3n) is 4.35. The molecular formula is C21H28IN3O2. The molecule has 0 aliphatic carbocycles. The Labute approximate surface area is 178 Å². The average molecular weight is 481 g/mol. The van der Waals surface area contributed by atoms with E-state index >= 15 is 0 Å². The fourth-order valence-corrected chi connectivity index (χ4v) is 3.08. The van der Waals surface area contributed by atoms with Crippen LogP contribution in [0.25, 0.3) is 0 Å². The molecule has 1 heterocycles. The second-order valence-corrected chi connectivity index (χ2v) is 6.44. The van der Waals surface area contributed by atoms with Crippen molar-refractivity contribution in [3.8, 4) is 11.5 Å². The van der Waals surface area contributed by atoms with Gasteiger partial charge in [-0.25, -0.2) is 4.99 Å². The number of hydrogen-bond donors (Lipinski definition) is 2. The molecule has 2 aromatic rings. The van der Waals surface area contributed by atoms with Crippen LogP contribution in [-0.4, -0.2) is 25.7 Å². The smallest absolute Gasteiger partial charge is 0.191 e. The minimum Gasteiger partial charge on any atom is -0.496 e. The highest BCUT2D eigenvalue weighted by Crippen LogP contribution is 2.34. The van der Waals surface area contributed by atoms with Crippen LogP contribution in [0.3, 0.4) is 0 Å². The van der Waals surface area contributed by atoms with Gasteiger partial charge in [0.2, 0.25) is 0 Å². The molecule has 146 valence electrons. The third-order valence-corrected chi connectivity index (χ3v) is 4.35. The number of fused-ring (bicyclic) bond motifs is 1. The van der Waals surface area contributed by atoms with E-state index in [1.807, 2.05) is 18.2 Å². The highest BCUT2D eigenvalue weighted by Gasteiger charge is 2.21. The summed E-state index contributed by atoms with van der Waals surface area (Å²) in [5.41, 5.74) is 3.45. The lowest BCUT2D eigenvalue weighted by Crippen LogP contribution is -2.36. The van der Waals surface area contributed by atoms with Crippen LogP contribution in [0.4, 0.5) is 0 Å². The number of aliphatic imine (C=N–C) groups is 1. The molecule has 0 radical (unpaired) electrons. The van der Waals surface area contributed by atoms with E-state index in [-0.39, 0.29) is 30.1 Å². The van der Waals surface area contributed by atoms with Crippen molar-refractivity contribution < 1.29 is 9.47 Å². The van der Waals surface area contributed by atoms with Crippen molar-refractivity contribution in [1.82, 2.24) is 10.6 Å². The number of ether oxygens (including phenoxy) is 2. The molecule has 5 nitrogen and oxygen atoms in total. The predicted octanol–water partition coefficient (Wildman–Crippen LogP) is 3.89. The number of rotatable bonds is 6. The van der Waals surface area contributed by atoms with Crippen molar-refractivity contribution in [2.45, 2.75) is 39.5 Å². The molecule has 2 aromatic carbocycles. The van der Waals surface area contributed by atoms with Crippen molar-refractivity contribution in [3.05, 3.63) is 59.2 Å². The lowest BCUT2D eigenvalue weighted by Gasteiger charge is -2.15. The fourth-order valence-electron chi connectivity index (χ4n) is 3.08. The largest absolute Gasteiger partial charge is 0.496 e. The minimum absolute atomic E-state index is 0. The zero-order chi connectivity index (χ0) is 18.4. The van der Waals surface area contributed by atoms with Crippen molar-refractivity contribution in [2.24, 2.45) is 4.99 Å². The molecular weight excluding hydrogens is 453 g/mol. The van der Waals surface area contributed by atoms with Gasteiger partial charge in [-0.3, -0.25) is 0 Å². The van der Waals surface area contributed by atoms with Gasteiger partial charge in [0.15, 0.2) is 5.96 Å². The van der Waals surface area contributed by atoms with Crippen LogP contribution in [0.2, 0.25) is 0 Å². The Balaban J connectivity index is 0.00000261. The first-order chi connectivity index (χ1) is 12.7. The Morgan fingerprint density at radius 1 is 1.22 bits per heavy atom. The molecule has 1 aliphatic heterocycles. The van der Waals surface area contributed by atoms with Crippen LogP contribution in [0, 0.1) is 0 Å². The van der Waals surface area contributed by atoms with E-state index in [0.717, 1.165) is 36.0 Å². The van der Waals surface area contributed by atoms with Crippen LogP contribution in [0.15, 0.2) is 47.5 Å². The second kappa shape index (κ2) is 10.4. The molecule has 0 amide bonds. The molecule has 1 aliphatic rings. The van der Waals surface area contributed by atoms with E-state index in [2.05, 4.69) is 53.7 Å². The van der Waals surface area contributed by atoms with Gasteiger partial charge in [0.25, 0.3) is 0 Å². The normalized spacial score (nSPS) is 15.4. The van der Waals surface area contributed by atoms with Gasteiger partial charge in [-0.2, -0.15) is 0 Å². The average Bonchev–Trinajstić information content (AvgIpc) is 3.02. The first-order valence-corrected chi connectivity index (χ1v) is 9.12. The first-order valence-electron chi connectivity index (χ1n) is 9.12. The Morgan fingerprint density at radius 2 is 2.00 bits per heavy atom. The maximum atomic E-state index is 5.88. The summed E-state index contributed by atoms with van der Waals surface area (Å²) in [5, 5.41) is 6.67. The molecule has 27 heavy (non-hydrogen) atoms. The summed E-state index contributed by atoms with van der Waals surface area (Å²) in [6, 6.07) is 14.4. The van der Waals surface area contributed by atoms with Crippen molar-refractivity contribution in [1.29, 1.82) is 0 Å². The quantitative estimate of drug-likeness (QED) is 0.374. The summed E-state index contributed by atoms with van der Waals surface area (Å²) < 4.78 is 11.4. The Morgan fingerprint density at radius 3 is 2.70 bits per heavy atom. The number of halogens is 1. The Bertz CT molecular complexity index is 766. The Hall–Kier alpha value is -1.96. The van der Waals surface area contributed by atoms with Gasteiger partial charge in [-0.15, -0.1) is 24.0 Å². The van der Waals surface area contributed by atoms with Crippen LogP contribution in [-0.2, 0) is 19.5 Å². The SMILES string of the molecule is CCNC(=NCc1ccccc1)NCc1cc2c(cc1OC)CC(C)O2.I. The second-order valence-electron chi connectivity index (χ2n) is 6.44. The number of nitrogens with zero attached hydrogens (tertiary/aromatic N) is 1. The van der Waals surface area contributed by atoms with E-state index in [4.69, 9.17) is 9.47 Å². The third kappa shape index (κ3) is 5.76. The molecule has 1 unspecified atom stereocenters. The molecule has 3 rings (SSSR count). The molecule has 6 heteroatoms. The summed E-state index contributed by atoms with van der Waals surface area (Å²) in [6.45, 7) is 6.21. The van der Waals surface area contributed by atoms with E-state index in [1.54, 1.807) is 7.11 Å². The van der Waals surface area contributed by atoms with Gasteiger partial charge in [-0.05, 0) is 31.5 Å². The summed E-state index contributed by atoms with van der Waals surface area (Å²) in [6.07, 6.45) is 1.16. The number of benzene rings is 2. The van der Waals surface area contributed by atoms with Crippen molar-refractivity contribution in [2.75, 3.05) is 13.7 Å². The zero-order valence-electron chi connectivity index (χ0n) is 16.1. The molecule has 1 atom stereocenters. The topological polar surface area (TPSA) is 54.9 Å². The summed E-state index contributed by atoms with van der Waals surface area (Å²) in [4.78, 5) is 4.66. The van der Waals surface area contributed by atoms with E-state index < -0.39 is 0 Å². The van der Waals surface area contributed by atoms with Gasteiger partial charge in [0, 0.05) is 30.6 Å². The summed E-state index contributed by atoms with van der Waals surface area (Å²) in [5.74, 6) is 2.63. The number of nitrogens with one attached hydrogen (secondary N) is 2. The molecule has 0 saturated heterocycles. The van der Waals surface area contributed by atoms with Crippen molar-refractivity contribution >= 4 is 29.9 Å². The number of guanidine groups is 1. The van der Waals surface area contributed by atoms with Crippen LogP contribution >= 0.6 is 24.0 Å². The van der Waals surface area contributed by atoms with Crippen LogP contribution in [0.1, 0.15) is 30.5 Å². The fraction of sp³-hybridized carbons (Fsp3) is 0.381. The molecule has 2 N–H and O–H groups in total. The first kappa shape index (κ1) is 21.3. The summed E-state index contributed by atoms with van der Waals surface area (Å²) >= 11 is 0. The maximum Gasteiger partial charge on any atom is 0.191 e. The van der Waals surface area contributed by atoms with Crippen molar-refractivity contribution in [3.63, 3.8) is 0 Å².